The zero-order chi connectivity index (χ0) is 18.9. The number of sulfone groups is 1. The van der Waals surface area contributed by atoms with Gasteiger partial charge in [-0.3, -0.25) is 0 Å². The number of oxazole rings is 1. The number of allylic oxidation sites excluding steroid dienone is 1. The predicted octanol–water partition coefficient (Wildman–Crippen LogP) is 4.72. The number of halogens is 3. The highest BCUT2D eigenvalue weighted by Gasteiger charge is 2.35. The van der Waals surface area contributed by atoms with Crippen LogP contribution in [0.1, 0.15) is 18.4 Å². The van der Waals surface area contributed by atoms with Crippen molar-refractivity contribution in [1.82, 2.24) is 4.98 Å². The molecule has 3 rings (SSSR count). The molecule has 0 aliphatic carbocycles. The Balaban J connectivity index is 2.10. The lowest BCUT2D eigenvalue weighted by atomic mass is 10.1. The number of hydrogen-bond acceptors (Lipinski definition) is 4. The fourth-order valence-corrected chi connectivity index (χ4v) is 3.32. The first kappa shape index (κ1) is 18.2. The highest BCUT2D eigenvalue weighted by molar-refractivity contribution is 7.91. The van der Waals surface area contributed by atoms with Gasteiger partial charge < -0.3 is 4.42 Å². The molecule has 0 aliphatic heterocycles. The molecule has 0 bridgehead atoms. The minimum atomic E-state index is -4.60. The van der Waals surface area contributed by atoms with Gasteiger partial charge in [-0.05, 0) is 23.8 Å². The summed E-state index contributed by atoms with van der Waals surface area (Å²) >= 11 is 0. The molecule has 3 aromatic rings. The Morgan fingerprint density at radius 2 is 1.85 bits per heavy atom. The summed E-state index contributed by atoms with van der Waals surface area (Å²) in [5.41, 5.74) is -0.524. The maximum absolute atomic E-state index is 13.4. The Labute approximate surface area is 147 Å². The Kier molecular flexibility index (Phi) is 4.62. The van der Waals surface area contributed by atoms with Gasteiger partial charge in [-0.25, -0.2) is 13.4 Å². The third-order valence-corrected chi connectivity index (χ3v) is 5.50. The molecule has 1 aromatic heterocycles. The fraction of sp³-hybridized carbons (Fsp3) is 0.167. The third-order valence-electron chi connectivity index (χ3n) is 3.77. The summed E-state index contributed by atoms with van der Waals surface area (Å²) in [4.78, 5) is 4.04. The van der Waals surface area contributed by atoms with E-state index in [1.165, 1.54) is 49.4 Å². The van der Waals surface area contributed by atoms with Crippen molar-refractivity contribution < 1.29 is 26.0 Å². The number of aromatic nitrogens is 1. The number of fused-ring (bicyclic) bond motifs is 1. The van der Waals surface area contributed by atoms with Crippen LogP contribution >= 0.6 is 0 Å². The second-order valence-corrected chi connectivity index (χ2v) is 7.79. The van der Waals surface area contributed by atoms with Crippen LogP contribution in [0, 0.1) is 0 Å². The van der Waals surface area contributed by atoms with E-state index in [2.05, 4.69) is 4.98 Å². The van der Waals surface area contributed by atoms with Crippen LogP contribution in [0.25, 0.3) is 22.7 Å². The quantitative estimate of drug-likeness (QED) is 0.656. The predicted molar refractivity (Wildman–Crippen MR) is 92.1 cm³/mol. The van der Waals surface area contributed by atoms with E-state index in [4.69, 9.17) is 4.42 Å². The van der Waals surface area contributed by atoms with Crippen molar-refractivity contribution in [1.29, 1.82) is 0 Å². The zero-order valence-corrected chi connectivity index (χ0v) is 14.4. The summed E-state index contributed by atoms with van der Waals surface area (Å²) in [6, 6.07) is 11.3. The van der Waals surface area contributed by atoms with Gasteiger partial charge in [0.2, 0.25) is 5.89 Å². The van der Waals surface area contributed by atoms with Crippen molar-refractivity contribution in [2.75, 3.05) is 5.75 Å². The van der Waals surface area contributed by atoms with E-state index < -0.39 is 21.6 Å². The lowest BCUT2D eigenvalue weighted by molar-refractivity contribution is -0.0683. The summed E-state index contributed by atoms with van der Waals surface area (Å²) in [5.74, 6) is -0.336. The van der Waals surface area contributed by atoms with E-state index in [9.17, 15) is 21.6 Å². The molecule has 0 N–H and O–H groups in total. The average Bonchev–Trinajstić information content (AvgIpc) is 3.01. The monoisotopic (exact) mass is 381 g/mol. The molecule has 4 nitrogen and oxygen atoms in total. The van der Waals surface area contributed by atoms with E-state index >= 15 is 0 Å². The van der Waals surface area contributed by atoms with Gasteiger partial charge in [0.15, 0.2) is 15.4 Å². The molecule has 1 heterocycles. The van der Waals surface area contributed by atoms with E-state index in [1.807, 2.05) is 0 Å². The molecule has 0 spiro atoms. The second-order valence-electron chi connectivity index (χ2n) is 5.51. The summed E-state index contributed by atoms with van der Waals surface area (Å²) in [7, 11) is -3.45. The van der Waals surface area contributed by atoms with Gasteiger partial charge in [0.05, 0.1) is 16.2 Å². The molecule has 8 heteroatoms. The van der Waals surface area contributed by atoms with Crippen molar-refractivity contribution in [2.24, 2.45) is 0 Å². The van der Waals surface area contributed by atoms with Crippen molar-refractivity contribution >= 4 is 32.6 Å². The van der Waals surface area contributed by atoms with Gasteiger partial charge in [0.1, 0.15) is 5.52 Å². The molecule has 0 unspecified atom stereocenters. The van der Waals surface area contributed by atoms with Crippen LogP contribution in [-0.4, -0.2) is 25.3 Å². The van der Waals surface area contributed by atoms with Crippen LogP contribution in [0.2, 0.25) is 0 Å². The maximum atomic E-state index is 13.4. The number of alkyl halides is 3. The van der Waals surface area contributed by atoms with Gasteiger partial charge in [-0.2, -0.15) is 13.2 Å². The zero-order valence-electron chi connectivity index (χ0n) is 13.6. The number of benzene rings is 2. The maximum Gasteiger partial charge on any atom is 0.417 e. The molecule has 0 amide bonds. The minimum absolute atomic E-state index is 0.0171. The molecule has 2 aromatic carbocycles. The van der Waals surface area contributed by atoms with Gasteiger partial charge >= 0.3 is 6.18 Å². The van der Waals surface area contributed by atoms with Crippen LogP contribution in [0.5, 0.6) is 0 Å². The highest BCUT2D eigenvalue weighted by Crippen LogP contribution is 2.35. The Morgan fingerprint density at radius 3 is 2.46 bits per heavy atom. The molecular weight excluding hydrogens is 367 g/mol. The summed E-state index contributed by atoms with van der Waals surface area (Å²) in [6.45, 7) is 1.51. The molecule has 0 radical (unpaired) electrons. The third kappa shape index (κ3) is 3.65. The average molecular weight is 381 g/mol. The van der Waals surface area contributed by atoms with Crippen LogP contribution in [0.15, 0.2) is 57.8 Å². The standard InChI is InChI=1S/C18H14F3NO3S/c1-2-26(23,24)13-8-9-16-15(10-13)22-17(25-16)11-14(18(19,20)21)12-6-4-3-5-7-12/h3-11H,2H2,1H3/b14-11-. The van der Waals surface area contributed by atoms with Crippen LogP contribution in [-0.2, 0) is 9.84 Å². The van der Waals surface area contributed by atoms with Crippen molar-refractivity contribution in [3.8, 4) is 0 Å². The molecule has 0 saturated heterocycles. The fourth-order valence-electron chi connectivity index (χ4n) is 2.42. The van der Waals surface area contributed by atoms with Crippen LogP contribution in [0.3, 0.4) is 0 Å². The first-order valence-electron chi connectivity index (χ1n) is 7.68. The molecular formula is C18H14F3NO3S. The molecule has 0 saturated carbocycles. The van der Waals surface area contributed by atoms with Gasteiger partial charge in [-0.15, -0.1) is 0 Å². The largest absolute Gasteiger partial charge is 0.437 e. The Hall–Kier alpha value is -2.61. The summed E-state index contributed by atoms with van der Waals surface area (Å²) < 4.78 is 69.4. The summed E-state index contributed by atoms with van der Waals surface area (Å²) in [5, 5.41) is 0. The summed E-state index contributed by atoms with van der Waals surface area (Å²) in [6.07, 6.45) is -3.79. The SMILES string of the molecule is CCS(=O)(=O)c1ccc2oc(/C=C(/c3ccccc3)C(F)(F)F)nc2c1. The van der Waals surface area contributed by atoms with E-state index in [-0.39, 0.29) is 33.2 Å². The van der Waals surface area contributed by atoms with Gasteiger partial charge in [-0.1, -0.05) is 37.3 Å². The normalized spacial score (nSPS) is 13.3. The van der Waals surface area contributed by atoms with Gasteiger partial charge in [0, 0.05) is 6.08 Å². The van der Waals surface area contributed by atoms with Crippen LogP contribution in [0.4, 0.5) is 13.2 Å². The lowest BCUT2D eigenvalue weighted by Gasteiger charge is -2.11. The topological polar surface area (TPSA) is 60.2 Å². The van der Waals surface area contributed by atoms with E-state index in [1.54, 1.807) is 6.07 Å². The second kappa shape index (κ2) is 6.60. The smallest absolute Gasteiger partial charge is 0.417 e. The van der Waals surface area contributed by atoms with Crippen molar-refractivity contribution in [3.63, 3.8) is 0 Å². The van der Waals surface area contributed by atoms with Crippen molar-refractivity contribution in [3.05, 3.63) is 60.0 Å². The first-order chi connectivity index (χ1) is 12.2. The molecule has 136 valence electrons. The van der Waals surface area contributed by atoms with E-state index in [0.29, 0.717) is 0 Å². The minimum Gasteiger partial charge on any atom is -0.437 e. The Bertz CT molecular complexity index is 1070. The molecule has 0 aliphatic rings. The molecule has 0 atom stereocenters. The van der Waals surface area contributed by atoms with E-state index in [0.717, 1.165) is 6.08 Å². The lowest BCUT2D eigenvalue weighted by Crippen LogP contribution is -2.10. The van der Waals surface area contributed by atoms with Crippen molar-refractivity contribution in [2.45, 2.75) is 18.0 Å². The Morgan fingerprint density at radius 1 is 1.15 bits per heavy atom. The van der Waals surface area contributed by atoms with Crippen LogP contribution < -0.4 is 0 Å². The number of nitrogens with zero attached hydrogens (tertiary/aromatic N) is 1. The molecule has 26 heavy (non-hydrogen) atoms. The number of rotatable bonds is 4. The number of hydrogen-bond donors (Lipinski definition) is 0. The van der Waals surface area contributed by atoms with Gasteiger partial charge in [0.25, 0.3) is 0 Å². The first-order valence-corrected chi connectivity index (χ1v) is 9.33. The molecule has 0 fully saturated rings. The highest BCUT2D eigenvalue weighted by atomic mass is 32.2.